The number of carbonyl (C=O) groups is 2. The molecule has 0 aromatic rings. The molecule has 27 heavy (non-hydrogen) atoms. The Balaban J connectivity index is 1.41. The standard InChI is InChI=1S/C17H27N5O4S/c1-3-27(25,26)21-7-6-19-17(18-2)20-8-9-22-15(23)13-11-4-5-12(10-11)14(13)16(22)24/h4-5,11-14,21H,3,6-10H2,1-2H3,(H2,18,19,20). The van der Waals surface area contributed by atoms with E-state index in [0.29, 0.717) is 25.6 Å². The van der Waals surface area contributed by atoms with Gasteiger partial charge in [0.1, 0.15) is 0 Å². The highest BCUT2D eigenvalue weighted by Gasteiger charge is 2.58. The lowest BCUT2D eigenvalue weighted by Gasteiger charge is -2.18. The number of imide groups is 1. The van der Waals surface area contributed by atoms with Crippen molar-refractivity contribution in [2.45, 2.75) is 13.3 Å². The normalized spacial score (nSPS) is 29.6. The molecule has 0 aromatic carbocycles. The summed E-state index contributed by atoms with van der Waals surface area (Å²) in [6, 6.07) is 0. The van der Waals surface area contributed by atoms with Crippen LogP contribution in [-0.2, 0) is 19.6 Å². The maximum Gasteiger partial charge on any atom is 0.233 e. The second-order valence-electron chi connectivity index (χ2n) is 7.05. The third kappa shape index (κ3) is 4.01. The van der Waals surface area contributed by atoms with Crippen molar-refractivity contribution >= 4 is 27.8 Å². The first-order chi connectivity index (χ1) is 12.9. The summed E-state index contributed by atoms with van der Waals surface area (Å²) in [5, 5.41) is 6.04. The maximum atomic E-state index is 12.6. The lowest BCUT2D eigenvalue weighted by molar-refractivity contribution is -0.140. The first kappa shape index (κ1) is 19.8. The van der Waals surface area contributed by atoms with Crippen LogP contribution in [0.25, 0.3) is 0 Å². The molecule has 2 bridgehead atoms. The fourth-order valence-electron chi connectivity index (χ4n) is 4.18. The first-order valence-electron chi connectivity index (χ1n) is 9.33. The topological polar surface area (TPSA) is 120 Å². The number of aliphatic imine (C=N–C) groups is 1. The van der Waals surface area contributed by atoms with Gasteiger partial charge in [-0.15, -0.1) is 0 Å². The van der Waals surface area contributed by atoms with Gasteiger partial charge in [-0.05, 0) is 25.2 Å². The van der Waals surface area contributed by atoms with E-state index in [1.807, 2.05) is 0 Å². The van der Waals surface area contributed by atoms with E-state index in [1.165, 1.54) is 4.90 Å². The van der Waals surface area contributed by atoms with Crippen molar-refractivity contribution in [1.29, 1.82) is 0 Å². The molecule has 3 N–H and O–H groups in total. The zero-order chi connectivity index (χ0) is 19.6. The van der Waals surface area contributed by atoms with E-state index in [9.17, 15) is 18.0 Å². The number of allylic oxidation sites excluding steroid dienone is 2. The number of likely N-dealkylation sites (tertiary alicyclic amines) is 1. The van der Waals surface area contributed by atoms with Crippen molar-refractivity contribution in [3.63, 3.8) is 0 Å². The summed E-state index contributed by atoms with van der Waals surface area (Å²) < 4.78 is 25.2. The number of nitrogens with one attached hydrogen (secondary N) is 3. The lowest BCUT2D eigenvalue weighted by atomic mass is 9.85. The van der Waals surface area contributed by atoms with Crippen LogP contribution in [0.4, 0.5) is 0 Å². The van der Waals surface area contributed by atoms with Crippen LogP contribution in [0.15, 0.2) is 17.1 Å². The number of hydrogen-bond donors (Lipinski definition) is 3. The number of sulfonamides is 1. The molecule has 10 heteroatoms. The zero-order valence-electron chi connectivity index (χ0n) is 15.6. The van der Waals surface area contributed by atoms with E-state index in [2.05, 4.69) is 32.5 Å². The van der Waals surface area contributed by atoms with Gasteiger partial charge in [0.2, 0.25) is 21.8 Å². The molecule has 3 aliphatic rings. The third-order valence-corrected chi connectivity index (χ3v) is 6.94. The van der Waals surface area contributed by atoms with Crippen LogP contribution in [0.2, 0.25) is 0 Å². The summed E-state index contributed by atoms with van der Waals surface area (Å²) >= 11 is 0. The number of hydrogen-bond acceptors (Lipinski definition) is 5. The van der Waals surface area contributed by atoms with Crippen molar-refractivity contribution < 1.29 is 18.0 Å². The van der Waals surface area contributed by atoms with E-state index in [-0.39, 0.29) is 47.8 Å². The van der Waals surface area contributed by atoms with Gasteiger partial charge in [-0.3, -0.25) is 19.5 Å². The van der Waals surface area contributed by atoms with Crippen molar-refractivity contribution in [2.24, 2.45) is 28.7 Å². The smallest absolute Gasteiger partial charge is 0.233 e. The molecule has 2 fully saturated rings. The monoisotopic (exact) mass is 397 g/mol. The summed E-state index contributed by atoms with van der Waals surface area (Å²) in [4.78, 5) is 30.6. The summed E-state index contributed by atoms with van der Waals surface area (Å²) in [7, 11) is -1.61. The molecule has 3 rings (SSSR count). The van der Waals surface area contributed by atoms with Gasteiger partial charge < -0.3 is 10.6 Å². The molecule has 1 saturated heterocycles. The molecule has 4 unspecified atom stereocenters. The third-order valence-electron chi connectivity index (χ3n) is 5.53. The van der Waals surface area contributed by atoms with Crippen LogP contribution < -0.4 is 15.4 Å². The average molecular weight is 398 g/mol. The van der Waals surface area contributed by atoms with Gasteiger partial charge in [0, 0.05) is 33.2 Å². The number of guanidine groups is 1. The summed E-state index contributed by atoms with van der Waals surface area (Å²) in [6.07, 6.45) is 5.09. The van der Waals surface area contributed by atoms with Crippen LogP contribution >= 0.6 is 0 Å². The van der Waals surface area contributed by atoms with Crippen LogP contribution in [-0.4, -0.2) is 70.1 Å². The van der Waals surface area contributed by atoms with Crippen LogP contribution in [0, 0.1) is 23.7 Å². The molecule has 4 atom stereocenters. The number of carbonyl (C=O) groups excluding carboxylic acids is 2. The fraction of sp³-hybridized carbons (Fsp3) is 0.706. The van der Waals surface area contributed by atoms with Gasteiger partial charge in [-0.25, -0.2) is 13.1 Å². The predicted molar refractivity (Wildman–Crippen MR) is 101 cm³/mol. The zero-order valence-corrected chi connectivity index (χ0v) is 16.5. The highest BCUT2D eigenvalue weighted by molar-refractivity contribution is 7.89. The first-order valence-corrected chi connectivity index (χ1v) is 11.0. The molecule has 2 amide bonds. The van der Waals surface area contributed by atoms with Gasteiger partial charge in [0.05, 0.1) is 17.6 Å². The lowest BCUT2D eigenvalue weighted by Crippen LogP contribution is -2.45. The molecule has 0 aromatic heterocycles. The molecule has 2 aliphatic carbocycles. The van der Waals surface area contributed by atoms with Crippen molar-refractivity contribution in [3.8, 4) is 0 Å². The Morgan fingerprint density at radius 1 is 1.11 bits per heavy atom. The van der Waals surface area contributed by atoms with Crippen molar-refractivity contribution in [1.82, 2.24) is 20.3 Å². The highest BCUT2D eigenvalue weighted by Crippen LogP contribution is 2.52. The molecule has 1 heterocycles. The van der Waals surface area contributed by atoms with Gasteiger partial charge >= 0.3 is 0 Å². The SMILES string of the molecule is CCS(=O)(=O)NCCNC(=NC)NCCN1C(=O)C2C3C=CC(C3)C2C1=O. The largest absolute Gasteiger partial charge is 0.355 e. The van der Waals surface area contributed by atoms with E-state index in [0.717, 1.165) is 6.42 Å². The van der Waals surface area contributed by atoms with Gasteiger partial charge in [0.25, 0.3) is 0 Å². The quantitative estimate of drug-likeness (QED) is 0.157. The van der Waals surface area contributed by atoms with Gasteiger partial charge in [-0.1, -0.05) is 12.2 Å². The molecule has 0 spiro atoms. The molecule has 9 nitrogen and oxygen atoms in total. The number of amides is 2. The summed E-state index contributed by atoms with van der Waals surface area (Å²) in [6.45, 7) is 2.89. The fourth-order valence-corrected chi connectivity index (χ4v) is 4.80. The Hall–Kier alpha value is -1.94. The van der Waals surface area contributed by atoms with Gasteiger partial charge in [-0.2, -0.15) is 0 Å². The number of fused-ring (bicyclic) bond motifs is 5. The molecule has 0 radical (unpaired) electrons. The minimum atomic E-state index is -3.21. The second-order valence-corrected chi connectivity index (χ2v) is 9.15. The molecule has 150 valence electrons. The van der Waals surface area contributed by atoms with E-state index in [1.54, 1.807) is 14.0 Å². The van der Waals surface area contributed by atoms with Crippen molar-refractivity contribution in [3.05, 3.63) is 12.2 Å². The van der Waals surface area contributed by atoms with E-state index in [4.69, 9.17) is 0 Å². The molecular weight excluding hydrogens is 370 g/mol. The maximum absolute atomic E-state index is 12.6. The van der Waals surface area contributed by atoms with E-state index >= 15 is 0 Å². The molecule has 1 saturated carbocycles. The van der Waals surface area contributed by atoms with Gasteiger partial charge in [0.15, 0.2) is 5.96 Å². The Morgan fingerprint density at radius 2 is 1.70 bits per heavy atom. The Kier molecular flexibility index (Phi) is 5.85. The average Bonchev–Trinajstić information content (AvgIpc) is 3.33. The van der Waals surface area contributed by atoms with E-state index < -0.39 is 10.0 Å². The predicted octanol–water partition coefficient (Wildman–Crippen LogP) is -1.10. The minimum absolute atomic E-state index is 0.0388. The van der Waals surface area contributed by atoms with Crippen LogP contribution in [0.1, 0.15) is 13.3 Å². The Morgan fingerprint density at radius 3 is 2.26 bits per heavy atom. The Bertz CT molecular complexity index is 733. The highest BCUT2D eigenvalue weighted by atomic mass is 32.2. The molecule has 1 aliphatic heterocycles. The number of nitrogens with zero attached hydrogens (tertiary/aromatic N) is 2. The summed E-state index contributed by atoms with van der Waals surface area (Å²) in [5.41, 5.74) is 0. The molecular formula is C17H27N5O4S. The van der Waals surface area contributed by atoms with Crippen LogP contribution in [0.5, 0.6) is 0 Å². The summed E-state index contributed by atoms with van der Waals surface area (Å²) in [5.74, 6) is 0.518. The Labute approximate surface area is 159 Å². The second kappa shape index (κ2) is 7.97. The van der Waals surface area contributed by atoms with Crippen LogP contribution in [0.3, 0.4) is 0 Å². The minimum Gasteiger partial charge on any atom is -0.355 e. The van der Waals surface area contributed by atoms with Crippen molar-refractivity contribution in [2.75, 3.05) is 39.0 Å². The number of rotatable bonds is 8.